The third-order valence-corrected chi connectivity index (χ3v) is 5.19. The first-order chi connectivity index (χ1) is 10.0. The minimum absolute atomic E-state index is 0.441. The van der Waals surface area contributed by atoms with Crippen LogP contribution in [0.1, 0.15) is 71.6 Å². The lowest BCUT2D eigenvalue weighted by Gasteiger charge is -2.29. The summed E-state index contributed by atoms with van der Waals surface area (Å²) < 4.78 is 0. The highest BCUT2D eigenvalue weighted by molar-refractivity contribution is 5.78. The molecule has 2 rings (SSSR count). The molecule has 1 unspecified atom stereocenters. The Labute approximate surface area is 129 Å². The maximum atomic E-state index is 11.5. The molecule has 0 aliphatic heterocycles. The SMILES string of the molecule is CCN(CCCCC(C)(NC1CC1)C(=O)O)C1CCCC1. The normalized spacial score (nSPS) is 22.6. The molecule has 122 valence electrons. The lowest BCUT2D eigenvalue weighted by atomic mass is 9.94. The van der Waals surface area contributed by atoms with E-state index in [9.17, 15) is 9.90 Å². The first-order valence-electron chi connectivity index (χ1n) is 8.80. The second-order valence-electron chi connectivity index (χ2n) is 7.08. The van der Waals surface area contributed by atoms with E-state index >= 15 is 0 Å². The minimum Gasteiger partial charge on any atom is -0.480 e. The third kappa shape index (κ3) is 4.96. The highest BCUT2D eigenvalue weighted by atomic mass is 16.4. The van der Waals surface area contributed by atoms with Gasteiger partial charge in [-0.25, -0.2) is 0 Å². The number of carboxylic acid groups (broad SMARTS) is 1. The van der Waals surface area contributed by atoms with Gasteiger partial charge in [0, 0.05) is 12.1 Å². The van der Waals surface area contributed by atoms with Gasteiger partial charge in [-0.15, -0.1) is 0 Å². The summed E-state index contributed by atoms with van der Waals surface area (Å²) in [5, 5.41) is 12.8. The average molecular weight is 296 g/mol. The molecule has 0 aromatic carbocycles. The molecule has 0 heterocycles. The lowest BCUT2D eigenvalue weighted by molar-refractivity contribution is -0.144. The molecule has 1 atom stereocenters. The van der Waals surface area contributed by atoms with Crippen molar-refractivity contribution in [3.63, 3.8) is 0 Å². The van der Waals surface area contributed by atoms with Gasteiger partial charge in [-0.05, 0) is 65.0 Å². The fourth-order valence-corrected chi connectivity index (χ4v) is 3.58. The highest BCUT2D eigenvalue weighted by Crippen LogP contribution is 2.26. The Morgan fingerprint density at radius 1 is 1.24 bits per heavy atom. The topological polar surface area (TPSA) is 52.6 Å². The zero-order chi connectivity index (χ0) is 15.3. The maximum Gasteiger partial charge on any atom is 0.323 e. The number of unbranched alkanes of at least 4 members (excludes halogenated alkanes) is 1. The van der Waals surface area contributed by atoms with Crippen LogP contribution in [0, 0.1) is 0 Å². The van der Waals surface area contributed by atoms with Gasteiger partial charge in [-0.3, -0.25) is 10.1 Å². The van der Waals surface area contributed by atoms with E-state index in [0.717, 1.165) is 51.2 Å². The van der Waals surface area contributed by atoms with Gasteiger partial charge in [0.05, 0.1) is 0 Å². The van der Waals surface area contributed by atoms with Crippen molar-refractivity contribution in [3.8, 4) is 0 Å². The molecule has 0 radical (unpaired) electrons. The maximum absolute atomic E-state index is 11.5. The van der Waals surface area contributed by atoms with Gasteiger partial charge < -0.3 is 10.0 Å². The third-order valence-electron chi connectivity index (χ3n) is 5.19. The summed E-state index contributed by atoms with van der Waals surface area (Å²) in [6.07, 6.45) is 10.6. The molecular formula is C17H32N2O2. The van der Waals surface area contributed by atoms with E-state index in [-0.39, 0.29) is 0 Å². The van der Waals surface area contributed by atoms with E-state index in [1.165, 1.54) is 25.7 Å². The van der Waals surface area contributed by atoms with Crippen LogP contribution >= 0.6 is 0 Å². The Bertz CT molecular complexity index is 338. The fraction of sp³-hybridized carbons (Fsp3) is 0.941. The number of hydrogen-bond donors (Lipinski definition) is 2. The van der Waals surface area contributed by atoms with Crippen molar-refractivity contribution in [1.29, 1.82) is 0 Å². The van der Waals surface area contributed by atoms with Gasteiger partial charge >= 0.3 is 5.97 Å². The highest BCUT2D eigenvalue weighted by Gasteiger charge is 2.37. The molecule has 0 bridgehead atoms. The van der Waals surface area contributed by atoms with Crippen LogP contribution in [0.4, 0.5) is 0 Å². The van der Waals surface area contributed by atoms with Crippen molar-refractivity contribution in [2.24, 2.45) is 0 Å². The van der Waals surface area contributed by atoms with Gasteiger partial charge in [-0.2, -0.15) is 0 Å². The first kappa shape index (κ1) is 16.8. The van der Waals surface area contributed by atoms with Crippen LogP contribution in [0.15, 0.2) is 0 Å². The van der Waals surface area contributed by atoms with Gasteiger partial charge in [0.1, 0.15) is 5.54 Å². The number of carbonyl (C=O) groups is 1. The summed E-state index contributed by atoms with van der Waals surface area (Å²) in [5.41, 5.74) is -0.731. The van der Waals surface area contributed by atoms with Crippen LogP contribution in [0.3, 0.4) is 0 Å². The van der Waals surface area contributed by atoms with Gasteiger partial charge in [0.2, 0.25) is 0 Å². The molecule has 2 aliphatic carbocycles. The van der Waals surface area contributed by atoms with Crippen LogP contribution in [0.25, 0.3) is 0 Å². The molecule has 2 fully saturated rings. The molecule has 21 heavy (non-hydrogen) atoms. The number of hydrogen-bond acceptors (Lipinski definition) is 3. The average Bonchev–Trinajstić information content (AvgIpc) is 3.09. The van der Waals surface area contributed by atoms with E-state index in [4.69, 9.17) is 0 Å². The summed E-state index contributed by atoms with van der Waals surface area (Å²) in [7, 11) is 0. The number of rotatable bonds is 10. The largest absolute Gasteiger partial charge is 0.480 e. The molecule has 0 saturated heterocycles. The van der Waals surface area contributed by atoms with Crippen molar-refractivity contribution in [1.82, 2.24) is 10.2 Å². The monoisotopic (exact) mass is 296 g/mol. The van der Waals surface area contributed by atoms with Gasteiger partial charge in [0.15, 0.2) is 0 Å². The second-order valence-corrected chi connectivity index (χ2v) is 7.08. The van der Waals surface area contributed by atoms with Crippen LogP contribution in [-0.2, 0) is 4.79 Å². The van der Waals surface area contributed by atoms with E-state index < -0.39 is 11.5 Å². The van der Waals surface area contributed by atoms with Crippen LogP contribution in [-0.4, -0.2) is 46.7 Å². The molecule has 4 nitrogen and oxygen atoms in total. The van der Waals surface area contributed by atoms with E-state index in [1.807, 2.05) is 6.92 Å². The molecule has 2 saturated carbocycles. The Morgan fingerprint density at radius 2 is 1.90 bits per heavy atom. The van der Waals surface area contributed by atoms with Gasteiger partial charge in [0.25, 0.3) is 0 Å². The minimum atomic E-state index is -0.731. The van der Waals surface area contributed by atoms with Crippen LogP contribution in [0.5, 0.6) is 0 Å². The quantitative estimate of drug-likeness (QED) is 0.609. The molecule has 2 N–H and O–H groups in total. The molecule has 0 amide bonds. The lowest BCUT2D eigenvalue weighted by Crippen LogP contribution is -2.50. The van der Waals surface area contributed by atoms with Gasteiger partial charge in [-0.1, -0.05) is 19.8 Å². The van der Waals surface area contributed by atoms with E-state index in [2.05, 4.69) is 17.1 Å². The molecule has 2 aliphatic rings. The summed E-state index contributed by atoms with van der Waals surface area (Å²) in [6, 6.07) is 1.22. The molecule has 0 aromatic rings. The summed E-state index contributed by atoms with van der Waals surface area (Å²) in [6.45, 7) is 6.35. The molecule has 4 heteroatoms. The van der Waals surface area contributed by atoms with Crippen molar-refractivity contribution in [3.05, 3.63) is 0 Å². The van der Waals surface area contributed by atoms with Crippen molar-refractivity contribution in [2.75, 3.05) is 13.1 Å². The number of aliphatic carboxylic acids is 1. The second kappa shape index (κ2) is 7.59. The Balaban J connectivity index is 1.69. The molecular weight excluding hydrogens is 264 g/mol. The standard InChI is InChI=1S/C17H32N2O2/c1-3-19(15-8-4-5-9-15)13-7-6-12-17(2,16(20)21)18-14-10-11-14/h14-15,18H,3-13H2,1-2H3,(H,20,21). The number of nitrogens with one attached hydrogen (secondary N) is 1. The predicted molar refractivity (Wildman–Crippen MR) is 85.6 cm³/mol. The summed E-state index contributed by atoms with van der Waals surface area (Å²) >= 11 is 0. The Hall–Kier alpha value is -0.610. The fourth-order valence-electron chi connectivity index (χ4n) is 3.58. The zero-order valence-corrected chi connectivity index (χ0v) is 13.7. The van der Waals surface area contributed by atoms with Crippen molar-refractivity contribution >= 4 is 5.97 Å². The van der Waals surface area contributed by atoms with E-state index in [1.54, 1.807) is 0 Å². The predicted octanol–water partition coefficient (Wildman–Crippen LogP) is 3.02. The smallest absolute Gasteiger partial charge is 0.323 e. The van der Waals surface area contributed by atoms with E-state index in [0.29, 0.717) is 6.04 Å². The first-order valence-corrected chi connectivity index (χ1v) is 8.80. The Morgan fingerprint density at radius 3 is 2.43 bits per heavy atom. The number of carboxylic acids is 1. The van der Waals surface area contributed by atoms with Crippen molar-refractivity contribution < 1.29 is 9.90 Å². The Kier molecular flexibility index (Phi) is 6.06. The van der Waals surface area contributed by atoms with Crippen LogP contribution in [0.2, 0.25) is 0 Å². The summed E-state index contributed by atoms with van der Waals surface area (Å²) in [5.74, 6) is -0.697. The molecule has 0 spiro atoms. The zero-order valence-electron chi connectivity index (χ0n) is 13.7. The molecule has 0 aromatic heterocycles. The van der Waals surface area contributed by atoms with Crippen molar-refractivity contribution in [2.45, 2.75) is 89.3 Å². The van der Waals surface area contributed by atoms with Crippen LogP contribution < -0.4 is 5.32 Å². The summed E-state index contributed by atoms with van der Waals surface area (Å²) in [4.78, 5) is 14.1. The number of nitrogens with zero attached hydrogens (tertiary/aromatic N) is 1.